The van der Waals surface area contributed by atoms with Gasteiger partial charge in [-0.2, -0.15) is 0 Å². The van der Waals surface area contributed by atoms with Crippen molar-refractivity contribution in [2.45, 2.75) is 0 Å². The maximum absolute atomic E-state index is 8.49. The molecule has 3 rings (SSSR count). The van der Waals surface area contributed by atoms with E-state index in [0.29, 0.717) is 0 Å². The number of hydrogen-bond acceptors (Lipinski definition) is 6. The molecule has 0 unspecified atom stereocenters. The summed E-state index contributed by atoms with van der Waals surface area (Å²) in [5.41, 5.74) is 2.98. The van der Waals surface area contributed by atoms with Gasteiger partial charge in [0.15, 0.2) is 0 Å². The van der Waals surface area contributed by atoms with E-state index in [4.69, 9.17) is 18.6 Å². The molecular formula is C9H7ClN4O4. The molecule has 0 aliphatic rings. The summed E-state index contributed by atoms with van der Waals surface area (Å²) in [6, 6.07) is 8.04. The van der Waals surface area contributed by atoms with E-state index in [9.17, 15) is 0 Å². The first-order valence-corrected chi connectivity index (χ1v) is 5.90. The third kappa shape index (κ3) is 3.09. The number of aromatic nitrogens is 4. The van der Waals surface area contributed by atoms with Crippen molar-refractivity contribution in [3.63, 3.8) is 0 Å². The van der Waals surface area contributed by atoms with E-state index in [1.807, 2.05) is 30.5 Å². The highest BCUT2D eigenvalue weighted by Crippen LogP contribution is 2.20. The zero-order valence-corrected chi connectivity index (χ0v) is 9.55. The molecule has 0 fully saturated rings. The first kappa shape index (κ1) is 12.6. The quantitative estimate of drug-likeness (QED) is 0.442. The van der Waals surface area contributed by atoms with Crippen molar-refractivity contribution in [3.05, 3.63) is 30.5 Å². The Balaban J connectivity index is 0.000000209. The highest BCUT2D eigenvalue weighted by molar-refractivity contribution is 6.03. The molecule has 1 aromatic carbocycles. The summed E-state index contributed by atoms with van der Waals surface area (Å²) in [7, 11) is -4.94. The van der Waals surface area contributed by atoms with Crippen LogP contribution in [0.4, 0.5) is 0 Å². The summed E-state index contributed by atoms with van der Waals surface area (Å²) in [4.78, 5) is 3.24. The molecule has 0 atom stereocenters. The number of nitrogens with zero attached hydrogens (tertiary/aromatic N) is 2. The number of fused-ring (bicyclic) bond motifs is 3. The van der Waals surface area contributed by atoms with Crippen LogP contribution in [0.5, 0.6) is 0 Å². The number of nitrogens with one attached hydrogen (secondary N) is 2. The lowest BCUT2D eigenvalue weighted by atomic mass is 10.2. The molecule has 8 nitrogen and oxygen atoms in total. The molecule has 2 aromatic heterocycles. The summed E-state index contributed by atoms with van der Waals surface area (Å²) in [5.74, 6) is 0. The van der Waals surface area contributed by atoms with Crippen LogP contribution in [-0.4, -0.2) is 15.3 Å². The van der Waals surface area contributed by atoms with Crippen LogP contribution in [0.1, 0.15) is 0 Å². The fraction of sp³-hybridized carbons (Fsp3) is 0. The number of benzene rings is 1. The minimum atomic E-state index is -4.94. The molecule has 0 aliphatic heterocycles. The number of rotatable bonds is 0. The summed E-state index contributed by atoms with van der Waals surface area (Å²) in [5, 5.41) is 11.6. The Morgan fingerprint density at radius 2 is 1.72 bits per heavy atom. The molecular weight excluding hydrogens is 264 g/mol. The predicted molar refractivity (Wildman–Crippen MR) is 48.0 cm³/mol. The Bertz CT molecular complexity index is 610. The van der Waals surface area contributed by atoms with Crippen molar-refractivity contribution < 1.29 is 34.0 Å². The number of hydrogen-bond donors (Lipinski definition) is 1. The summed E-state index contributed by atoms with van der Waals surface area (Å²) in [6.07, 6.45) is 1.81. The van der Waals surface area contributed by atoms with Gasteiger partial charge in [0.2, 0.25) is 5.52 Å². The molecule has 0 amide bonds. The normalized spacial score (nSPS) is 11.3. The van der Waals surface area contributed by atoms with Crippen LogP contribution in [0.2, 0.25) is 0 Å². The molecule has 0 aliphatic carbocycles. The second-order valence-electron chi connectivity index (χ2n) is 3.28. The van der Waals surface area contributed by atoms with Crippen molar-refractivity contribution in [2.24, 2.45) is 0 Å². The Morgan fingerprint density at radius 1 is 1.06 bits per heavy atom. The molecule has 0 saturated carbocycles. The number of para-hydroxylation sites is 1. The second kappa shape index (κ2) is 4.80. The van der Waals surface area contributed by atoms with Gasteiger partial charge in [-0.05, 0) is 12.1 Å². The van der Waals surface area contributed by atoms with Gasteiger partial charge in [-0.25, -0.2) is 18.6 Å². The van der Waals surface area contributed by atoms with E-state index in [2.05, 4.69) is 20.4 Å². The molecule has 2 N–H and O–H groups in total. The third-order valence-electron chi connectivity index (χ3n) is 2.12. The van der Waals surface area contributed by atoms with E-state index in [1.54, 1.807) is 0 Å². The van der Waals surface area contributed by atoms with Crippen LogP contribution in [0.15, 0.2) is 30.5 Å². The van der Waals surface area contributed by atoms with E-state index < -0.39 is 10.2 Å². The van der Waals surface area contributed by atoms with Gasteiger partial charge < -0.3 is 4.98 Å². The zero-order chi connectivity index (χ0) is 13.2. The van der Waals surface area contributed by atoms with Crippen LogP contribution in [0.25, 0.3) is 21.9 Å². The van der Waals surface area contributed by atoms with E-state index in [0.717, 1.165) is 21.9 Å². The number of H-pyrrole nitrogens is 2. The van der Waals surface area contributed by atoms with Gasteiger partial charge in [0.05, 0.1) is 16.0 Å². The average Bonchev–Trinajstić information content (AvgIpc) is 2.65. The lowest BCUT2D eigenvalue weighted by molar-refractivity contribution is -2.00. The van der Waals surface area contributed by atoms with Crippen molar-refractivity contribution in [3.8, 4) is 0 Å². The zero-order valence-electron chi connectivity index (χ0n) is 8.79. The molecule has 18 heavy (non-hydrogen) atoms. The molecule has 0 spiro atoms. The highest BCUT2D eigenvalue weighted by atomic mass is 35.7. The maximum Gasteiger partial charge on any atom is 0.239 e. The van der Waals surface area contributed by atoms with Crippen LogP contribution < -0.4 is 23.7 Å². The van der Waals surface area contributed by atoms with Crippen LogP contribution in [0, 0.1) is 10.2 Å². The lowest BCUT2D eigenvalue weighted by Gasteiger charge is -2.17. The molecule has 0 bridgehead atoms. The van der Waals surface area contributed by atoms with Crippen LogP contribution >= 0.6 is 0 Å². The average molecular weight is 271 g/mol. The molecule has 2 heterocycles. The number of aromatic amines is 2. The minimum absolute atomic E-state index is 0.911. The van der Waals surface area contributed by atoms with E-state index in [1.165, 1.54) is 0 Å². The molecule has 3 aromatic rings. The Labute approximate surface area is 102 Å². The van der Waals surface area contributed by atoms with Crippen molar-refractivity contribution in [2.75, 3.05) is 0 Å². The van der Waals surface area contributed by atoms with E-state index >= 15 is 0 Å². The topological polar surface area (TPSA) is 148 Å². The van der Waals surface area contributed by atoms with Gasteiger partial charge in [0.1, 0.15) is 16.9 Å². The summed E-state index contributed by atoms with van der Waals surface area (Å²) < 4.78 is 34.0. The van der Waals surface area contributed by atoms with Gasteiger partial charge in [-0.1, -0.05) is 12.1 Å². The first-order chi connectivity index (χ1) is 8.45. The molecule has 94 valence electrons. The Morgan fingerprint density at radius 3 is 2.44 bits per heavy atom. The smallest absolute Gasteiger partial charge is 0.239 e. The minimum Gasteiger partial charge on any atom is -0.348 e. The largest absolute Gasteiger partial charge is 0.348 e. The lowest BCUT2D eigenvalue weighted by Crippen LogP contribution is -2.68. The molecule has 9 heteroatoms. The van der Waals surface area contributed by atoms with E-state index in [-0.39, 0.29) is 0 Å². The van der Waals surface area contributed by atoms with Crippen LogP contribution in [-0.2, 0) is 0 Å². The van der Waals surface area contributed by atoms with Crippen molar-refractivity contribution in [1.29, 1.82) is 0 Å². The van der Waals surface area contributed by atoms with Gasteiger partial charge in [0, 0.05) is 0 Å². The van der Waals surface area contributed by atoms with Gasteiger partial charge in [-0.15, -0.1) is 15.3 Å². The predicted octanol–water partition coefficient (Wildman–Crippen LogP) is -3.83. The fourth-order valence-electron chi connectivity index (χ4n) is 1.53. The summed E-state index contributed by atoms with van der Waals surface area (Å²) in [6.45, 7) is 0. The maximum atomic E-state index is 8.49. The highest BCUT2D eigenvalue weighted by Gasteiger charge is 2.09. The first-order valence-electron chi connectivity index (χ1n) is 4.67. The van der Waals surface area contributed by atoms with Crippen molar-refractivity contribution in [1.82, 2.24) is 15.3 Å². The Hall–Kier alpha value is -1.84. The second-order valence-corrected chi connectivity index (χ2v) is 4.04. The van der Waals surface area contributed by atoms with Crippen molar-refractivity contribution >= 4 is 21.9 Å². The van der Waals surface area contributed by atoms with Gasteiger partial charge >= 0.3 is 0 Å². The number of halogens is 1. The summed E-state index contributed by atoms with van der Waals surface area (Å²) >= 11 is 0. The molecule has 0 saturated heterocycles. The molecule has 0 radical (unpaired) electrons. The Kier molecular flexibility index (Phi) is 3.36. The van der Waals surface area contributed by atoms with Gasteiger partial charge in [-0.3, -0.25) is 0 Å². The van der Waals surface area contributed by atoms with Gasteiger partial charge in [0.25, 0.3) is 0 Å². The third-order valence-corrected chi connectivity index (χ3v) is 2.12. The SMILES string of the molecule is [O-][Cl+3]([O-])([O-])[O-].c1ccc2c(c1)[nH]c1c[nH+]nnc12. The fourth-order valence-corrected chi connectivity index (χ4v) is 1.53. The van der Waals surface area contributed by atoms with Crippen LogP contribution in [0.3, 0.4) is 0 Å². The monoisotopic (exact) mass is 270 g/mol. The standard InChI is InChI=1S/C9H6N4.ClHO4/c1-2-4-7-6(3-1)9-8(11-7)5-10-13-12-9;2-1(3,4)5/h1-5,11H;(H,2,3,4,5).